The van der Waals surface area contributed by atoms with Crippen LogP contribution in [0.25, 0.3) is 6.08 Å². The number of carbonyl (C=O) groups excluding carboxylic acids is 2. The number of hydrogen-bond acceptors (Lipinski definition) is 6. The Labute approximate surface area is 182 Å². The Morgan fingerprint density at radius 3 is 2.66 bits per heavy atom. The van der Waals surface area contributed by atoms with Gasteiger partial charge in [-0.2, -0.15) is 5.26 Å². The molecule has 0 saturated carbocycles. The second-order valence-corrected chi connectivity index (χ2v) is 6.80. The van der Waals surface area contributed by atoms with Crippen LogP contribution >= 0.6 is 22.6 Å². The first-order chi connectivity index (χ1) is 14.0. The van der Waals surface area contributed by atoms with Gasteiger partial charge in [0.15, 0.2) is 6.61 Å². The summed E-state index contributed by atoms with van der Waals surface area (Å²) in [6.45, 7) is 2.18. The zero-order valence-corrected chi connectivity index (χ0v) is 18.1. The predicted octanol–water partition coefficient (Wildman–Crippen LogP) is 3.79. The maximum Gasteiger partial charge on any atom is 0.343 e. The number of anilines is 1. The lowest BCUT2D eigenvalue weighted by atomic mass is 10.1. The lowest BCUT2D eigenvalue weighted by Gasteiger charge is -2.09. The summed E-state index contributed by atoms with van der Waals surface area (Å²) in [5.41, 5.74) is 1.13. The molecular weight excluding hydrogens is 487 g/mol. The molecule has 0 unspecified atom stereocenters. The van der Waals surface area contributed by atoms with Gasteiger partial charge in [-0.05, 0) is 65.4 Å². The number of ether oxygens (including phenoxy) is 3. The van der Waals surface area contributed by atoms with Crippen molar-refractivity contribution in [3.8, 4) is 17.6 Å². The molecule has 0 radical (unpaired) electrons. The summed E-state index contributed by atoms with van der Waals surface area (Å²) in [7, 11) is 1.28. The molecule has 0 aliphatic heterocycles. The fourth-order valence-electron chi connectivity index (χ4n) is 2.26. The second-order valence-electron chi connectivity index (χ2n) is 5.64. The molecule has 0 heterocycles. The van der Waals surface area contributed by atoms with E-state index in [0.717, 1.165) is 3.57 Å². The summed E-state index contributed by atoms with van der Waals surface area (Å²) in [6, 6.07) is 14.0. The van der Waals surface area contributed by atoms with E-state index >= 15 is 0 Å². The molecule has 0 saturated heterocycles. The van der Waals surface area contributed by atoms with Gasteiger partial charge >= 0.3 is 5.97 Å². The van der Waals surface area contributed by atoms with Crippen LogP contribution in [0.3, 0.4) is 0 Å². The van der Waals surface area contributed by atoms with Crippen LogP contribution in [0.1, 0.15) is 12.5 Å². The minimum atomic E-state index is -0.526. The number of rotatable bonds is 8. The summed E-state index contributed by atoms with van der Waals surface area (Å²) in [5, 5.41) is 12.1. The zero-order valence-electron chi connectivity index (χ0n) is 15.9. The summed E-state index contributed by atoms with van der Waals surface area (Å²) in [4.78, 5) is 23.6. The van der Waals surface area contributed by atoms with E-state index in [0.29, 0.717) is 29.4 Å². The number of carbonyl (C=O) groups is 2. The van der Waals surface area contributed by atoms with E-state index in [4.69, 9.17) is 9.47 Å². The van der Waals surface area contributed by atoms with Crippen LogP contribution in [0, 0.1) is 14.9 Å². The molecule has 0 fully saturated rings. The van der Waals surface area contributed by atoms with E-state index in [-0.39, 0.29) is 12.2 Å². The van der Waals surface area contributed by atoms with Crippen LogP contribution in [-0.4, -0.2) is 32.2 Å². The van der Waals surface area contributed by atoms with E-state index in [1.807, 2.05) is 35.6 Å². The number of nitriles is 1. The van der Waals surface area contributed by atoms with Gasteiger partial charge in [-0.25, -0.2) is 4.79 Å². The molecule has 29 heavy (non-hydrogen) atoms. The van der Waals surface area contributed by atoms with Crippen LogP contribution in [0.5, 0.6) is 11.5 Å². The summed E-state index contributed by atoms with van der Waals surface area (Å²) in [5.74, 6) is 0.123. The molecule has 2 rings (SSSR count). The zero-order chi connectivity index (χ0) is 21.2. The molecule has 150 valence electrons. The minimum Gasteiger partial charge on any atom is -0.494 e. The van der Waals surface area contributed by atoms with Gasteiger partial charge in [-0.3, -0.25) is 4.79 Å². The van der Waals surface area contributed by atoms with Crippen molar-refractivity contribution < 1.29 is 23.8 Å². The van der Waals surface area contributed by atoms with Crippen LogP contribution in [0.15, 0.2) is 48.0 Å². The van der Waals surface area contributed by atoms with E-state index < -0.39 is 11.9 Å². The molecule has 0 aromatic heterocycles. The van der Waals surface area contributed by atoms with Crippen molar-refractivity contribution in [1.82, 2.24) is 0 Å². The lowest BCUT2D eigenvalue weighted by Crippen LogP contribution is -2.13. The Morgan fingerprint density at radius 1 is 1.21 bits per heavy atom. The van der Waals surface area contributed by atoms with Gasteiger partial charge in [0.1, 0.15) is 23.1 Å². The average molecular weight is 506 g/mol. The first-order valence-corrected chi connectivity index (χ1v) is 9.69. The molecule has 0 atom stereocenters. The van der Waals surface area contributed by atoms with Crippen molar-refractivity contribution in [2.45, 2.75) is 6.92 Å². The Hall–Kier alpha value is -3.06. The number of nitrogens with zero attached hydrogens (tertiary/aromatic N) is 1. The van der Waals surface area contributed by atoms with Crippen LogP contribution in [0.2, 0.25) is 0 Å². The molecule has 0 aliphatic carbocycles. The molecule has 1 amide bonds. The number of hydrogen-bond donors (Lipinski definition) is 1. The summed E-state index contributed by atoms with van der Waals surface area (Å²) >= 11 is 2.05. The van der Waals surface area contributed by atoms with E-state index in [1.165, 1.54) is 13.2 Å². The Bertz CT molecular complexity index is 966. The first kappa shape index (κ1) is 22.2. The highest BCUT2D eigenvalue weighted by Crippen LogP contribution is 2.24. The fourth-order valence-corrected chi connectivity index (χ4v) is 2.96. The van der Waals surface area contributed by atoms with Gasteiger partial charge < -0.3 is 19.5 Å². The van der Waals surface area contributed by atoms with Crippen LogP contribution in [-0.2, 0) is 14.3 Å². The fraction of sp³-hybridized carbons (Fsp3) is 0.190. The Kier molecular flexibility index (Phi) is 8.48. The smallest absolute Gasteiger partial charge is 0.343 e. The number of methoxy groups -OCH3 is 1. The molecule has 0 aliphatic rings. The monoisotopic (exact) mass is 506 g/mol. The molecule has 7 nitrogen and oxygen atoms in total. The molecular formula is C21H19IN2O5. The highest BCUT2D eigenvalue weighted by molar-refractivity contribution is 14.1. The molecule has 2 aromatic carbocycles. The molecule has 2 aromatic rings. The number of esters is 1. The van der Waals surface area contributed by atoms with Gasteiger partial charge in [0, 0.05) is 11.8 Å². The second kappa shape index (κ2) is 11.1. The number of amides is 1. The highest BCUT2D eigenvalue weighted by atomic mass is 127. The third-order valence-electron chi connectivity index (χ3n) is 3.61. The first-order valence-electron chi connectivity index (χ1n) is 8.62. The Balaban J connectivity index is 2.13. The highest BCUT2D eigenvalue weighted by Gasteiger charge is 2.11. The maximum absolute atomic E-state index is 12.5. The van der Waals surface area contributed by atoms with Gasteiger partial charge in [0.25, 0.3) is 5.91 Å². The van der Waals surface area contributed by atoms with Crippen molar-refractivity contribution in [3.63, 3.8) is 0 Å². The summed E-state index contributed by atoms with van der Waals surface area (Å²) < 4.78 is 16.0. The largest absolute Gasteiger partial charge is 0.494 e. The molecule has 8 heteroatoms. The Morgan fingerprint density at radius 2 is 2.00 bits per heavy atom. The quantitative estimate of drug-likeness (QED) is 0.253. The van der Waals surface area contributed by atoms with Gasteiger partial charge in [0.2, 0.25) is 0 Å². The van der Waals surface area contributed by atoms with Crippen molar-refractivity contribution >= 4 is 46.2 Å². The summed E-state index contributed by atoms with van der Waals surface area (Å²) in [6.07, 6.45) is 1.48. The third-order valence-corrected chi connectivity index (χ3v) is 4.45. The van der Waals surface area contributed by atoms with E-state index in [2.05, 4.69) is 10.1 Å². The van der Waals surface area contributed by atoms with Gasteiger partial charge in [-0.1, -0.05) is 12.1 Å². The number of benzene rings is 2. The average Bonchev–Trinajstić information content (AvgIpc) is 2.71. The number of halogens is 1. The van der Waals surface area contributed by atoms with Crippen LogP contribution in [0.4, 0.5) is 5.69 Å². The van der Waals surface area contributed by atoms with Crippen molar-refractivity contribution in [2.75, 3.05) is 25.6 Å². The van der Waals surface area contributed by atoms with Crippen molar-refractivity contribution in [1.29, 1.82) is 5.26 Å². The van der Waals surface area contributed by atoms with Crippen molar-refractivity contribution in [2.24, 2.45) is 0 Å². The molecule has 1 N–H and O–H groups in total. The topological polar surface area (TPSA) is 97.6 Å². The molecule has 0 spiro atoms. The number of nitrogens with one attached hydrogen (secondary N) is 1. The van der Waals surface area contributed by atoms with Gasteiger partial charge in [-0.15, -0.1) is 0 Å². The predicted molar refractivity (Wildman–Crippen MR) is 117 cm³/mol. The maximum atomic E-state index is 12.5. The molecule has 0 bridgehead atoms. The van der Waals surface area contributed by atoms with Crippen LogP contribution < -0.4 is 14.8 Å². The van der Waals surface area contributed by atoms with E-state index in [1.54, 1.807) is 42.5 Å². The van der Waals surface area contributed by atoms with Crippen molar-refractivity contribution in [3.05, 3.63) is 57.2 Å². The van der Waals surface area contributed by atoms with E-state index in [9.17, 15) is 14.9 Å². The third kappa shape index (κ3) is 6.80. The lowest BCUT2D eigenvalue weighted by molar-refractivity contribution is -0.142. The van der Waals surface area contributed by atoms with Gasteiger partial charge in [0.05, 0.1) is 17.3 Å². The normalized spacial score (nSPS) is 10.6. The standard InChI is InChI=1S/C21H19IN2O5/c1-3-28-17-6-4-5-16(11-17)24-21(26)15(12-23)9-14-7-8-19(18(22)10-14)29-13-20(25)27-2/h4-11H,3,13H2,1-2H3,(H,24,26)/b15-9-. The SMILES string of the molecule is CCOc1cccc(NC(=O)/C(C#N)=C\c2ccc(OCC(=O)OC)c(I)c2)c1. The minimum absolute atomic E-state index is 0.0501.